The van der Waals surface area contributed by atoms with Crippen LogP contribution in [0.25, 0.3) is 10.8 Å². The van der Waals surface area contributed by atoms with Crippen LogP contribution in [0.15, 0.2) is 59.5 Å². The van der Waals surface area contributed by atoms with Gasteiger partial charge in [-0.2, -0.15) is 0 Å². The van der Waals surface area contributed by atoms with Gasteiger partial charge in [-0.15, -0.1) is 0 Å². The molecule has 3 aromatic carbocycles. The minimum atomic E-state index is -1.26. The molecule has 5 heteroatoms. The van der Waals surface area contributed by atoms with E-state index < -0.39 is 10.8 Å². The van der Waals surface area contributed by atoms with Crippen LogP contribution >= 0.6 is 0 Å². The van der Waals surface area contributed by atoms with Gasteiger partial charge < -0.3 is 14.2 Å². The zero-order valence-electron chi connectivity index (χ0n) is 14.4. The number of benzene rings is 3. The summed E-state index contributed by atoms with van der Waals surface area (Å²) in [6.45, 7) is 0. The lowest BCUT2D eigenvalue weighted by molar-refractivity contribution is 0.354. The Balaban J connectivity index is 2.00. The van der Waals surface area contributed by atoms with Crippen LogP contribution in [0.5, 0.6) is 17.2 Å². The summed E-state index contributed by atoms with van der Waals surface area (Å²) < 4.78 is 29.2. The molecule has 0 N–H and O–H groups in total. The van der Waals surface area contributed by atoms with Gasteiger partial charge in [0.05, 0.1) is 42.8 Å². The van der Waals surface area contributed by atoms with Crippen molar-refractivity contribution in [2.24, 2.45) is 0 Å². The first-order chi connectivity index (χ1) is 12.2. The summed E-state index contributed by atoms with van der Waals surface area (Å²) in [5.74, 6) is 2.28. The van der Waals surface area contributed by atoms with Crippen molar-refractivity contribution in [1.29, 1.82) is 0 Å². The number of hydrogen-bond donors (Lipinski definition) is 0. The van der Waals surface area contributed by atoms with E-state index in [0.717, 1.165) is 21.2 Å². The van der Waals surface area contributed by atoms with Gasteiger partial charge in [0.2, 0.25) is 0 Å². The molecule has 25 heavy (non-hydrogen) atoms. The quantitative estimate of drug-likeness (QED) is 0.665. The van der Waals surface area contributed by atoms with Gasteiger partial charge in [-0.05, 0) is 29.1 Å². The molecule has 3 rings (SSSR count). The van der Waals surface area contributed by atoms with E-state index in [2.05, 4.69) is 0 Å². The summed E-state index contributed by atoms with van der Waals surface area (Å²) >= 11 is 0. The summed E-state index contributed by atoms with van der Waals surface area (Å²) in [7, 11) is 3.52. The van der Waals surface area contributed by atoms with E-state index in [1.54, 1.807) is 21.3 Å². The van der Waals surface area contributed by atoms with E-state index in [4.69, 9.17) is 14.2 Å². The molecule has 4 nitrogen and oxygen atoms in total. The van der Waals surface area contributed by atoms with E-state index in [-0.39, 0.29) is 0 Å². The van der Waals surface area contributed by atoms with Crippen molar-refractivity contribution in [3.8, 4) is 17.2 Å². The molecule has 130 valence electrons. The molecule has 3 aromatic rings. The Bertz CT molecular complexity index is 921. The molecule has 0 amide bonds. The molecule has 0 fully saturated rings. The van der Waals surface area contributed by atoms with E-state index in [1.807, 2.05) is 54.6 Å². The molecule has 0 radical (unpaired) electrons. The first-order valence-electron chi connectivity index (χ1n) is 7.83. The van der Waals surface area contributed by atoms with Gasteiger partial charge in [-0.25, -0.2) is 0 Å². The number of methoxy groups -OCH3 is 3. The normalized spacial score (nSPS) is 12.0. The molecule has 0 aliphatic carbocycles. The second kappa shape index (κ2) is 7.57. The fourth-order valence-corrected chi connectivity index (χ4v) is 4.25. The molecular formula is C20H20O4S. The molecule has 0 saturated heterocycles. The topological polar surface area (TPSA) is 44.8 Å². The van der Waals surface area contributed by atoms with Crippen molar-refractivity contribution >= 4 is 21.6 Å². The van der Waals surface area contributed by atoms with Crippen molar-refractivity contribution in [1.82, 2.24) is 0 Å². The second-order valence-electron chi connectivity index (χ2n) is 5.50. The number of ether oxygens (including phenoxy) is 3. The van der Waals surface area contributed by atoms with E-state index in [1.165, 1.54) is 0 Å². The third-order valence-corrected chi connectivity index (χ3v) is 5.51. The van der Waals surface area contributed by atoms with Gasteiger partial charge in [0.25, 0.3) is 0 Å². The predicted octanol–water partition coefficient (Wildman–Crippen LogP) is 4.17. The maximum Gasteiger partial charge on any atom is 0.161 e. The molecule has 0 unspecified atom stereocenters. The molecule has 0 saturated carbocycles. The molecule has 0 spiro atoms. The monoisotopic (exact) mass is 356 g/mol. The Hall–Kier alpha value is -2.53. The molecule has 0 aliphatic rings. The van der Waals surface area contributed by atoms with Crippen LogP contribution in [0.4, 0.5) is 0 Å². The highest BCUT2D eigenvalue weighted by atomic mass is 32.2. The highest BCUT2D eigenvalue weighted by molar-refractivity contribution is 7.84. The minimum absolute atomic E-state index is 0.366. The molecule has 0 bridgehead atoms. The van der Waals surface area contributed by atoms with E-state index >= 15 is 0 Å². The lowest BCUT2D eigenvalue weighted by Crippen LogP contribution is -2.01. The van der Waals surface area contributed by atoms with Crippen LogP contribution in [-0.2, 0) is 16.6 Å². The largest absolute Gasteiger partial charge is 0.495 e. The van der Waals surface area contributed by atoms with Gasteiger partial charge in [0.1, 0.15) is 5.75 Å². The third-order valence-electron chi connectivity index (χ3n) is 4.04. The SMILES string of the molecule is COc1ccc(C[S@@](=O)c2c(OC)ccc3ccccc23)cc1OC. The van der Waals surface area contributed by atoms with Crippen LogP contribution in [0.3, 0.4) is 0 Å². The molecule has 0 aliphatic heterocycles. The van der Waals surface area contributed by atoms with Crippen molar-refractivity contribution in [2.75, 3.05) is 21.3 Å². The highest BCUT2D eigenvalue weighted by Gasteiger charge is 2.16. The van der Waals surface area contributed by atoms with E-state index in [0.29, 0.717) is 23.0 Å². The Kier molecular flexibility index (Phi) is 5.24. The van der Waals surface area contributed by atoms with E-state index in [9.17, 15) is 4.21 Å². The number of hydrogen-bond acceptors (Lipinski definition) is 4. The zero-order chi connectivity index (χ0) is 17.8. The lowest BCUT2D eigenvalue weighted by Gasteiger charge is -2.13. The van der Waals surface area contributed by atoms with Crippen molar-refractivity contribution < 1.29 is 18.4 Å². The Labute approximate surface area is 149 Å². The Morgan fingerprint density at radius 3 is 2.20 bits per heavy atom. The molecule has 1 atom stereocenters. The first-order valence-corrected chi connectivity index (χ1v) is 9.15. The predicted molar refractivity (Wildman–Crippen MR) is 100 cm³/mol. The van der Waals surface area contributed by atoms with Crippen molar-refractivity contribution in [3.63, 3.8) is 0 Å². The van der Waals surface area contributed by atoms with Gasteiger partial charge in [0.15, 0.2) is 11.5 Å². The lowest BCUT2D eigenvalue weighted by atomic mass is 10.1. The fraction of sp³-hybridized carbons (Fsp3) is 0.200. The van der Waals surface area contributed by atoms with Crippen LogP contribution in [0, 0.1) is 0 Å². The minimum Gasteiger partial charge on any atom is -0.495 e. The van der Waals surface area contributed by atoms with Crippen LogP contribution < -0.4 is 14.2 Å². The van der Waals surface area contributed by atoms with Crippen LogP contribution in [0.1, 0.15) is 5.56 Å². The van der Waals surface area contributed by atoms with Crippen molar-refractivity contribution in [2.45, 2.75) is 10.6 Å². The van der Waals surface area contributed by atoms with Gasteiger partial charge in [0, 0.05) is 5.39 Å². The standard InChI is InChI=1S/C20H20O4S/c1-22-17-10-8-14(12-19(17)24-3)13-25(21)20-16-7-5-4-6-15(16)9-11-18(20)23-2/h4-12H,13H2,1-3H3/t25-/m1/s1. The van der Waals surface area contributed by atoms with Gasteiger partial charge >= 0.3 is 0 Å². The number of fused-ring (bicyclic) bond motifs is 1. The first kappa shape index (κ1) is 17.3. The Morgan fingerprint density at radius 1 is 0.800 bits per heavy atom. The third kappa shape index (κ3) is 3.46. The van der Waals surface area contributed by atoms with Gasteiger partial charge in [-0.1, -0.05) is 36.4 Å². The summed E-state index contributed by atoms with van der Waals surface area (Å²) in [5.41, 5.74) is 0.908. The average molecular weight is 356 g/mol. The average Bonchev–Trinajstić information content (AvgIpc) is 2.66. The summed E-state index contributed by atoms with van der Waals surface area (Å²) in [4.78, 5) is 0.718. The maximum absolute atomic E-state index is 13.1. The zero-order valence-corrected chi connectivity index (χ0v) is 15.3. The Morgan fingerprint density at radius 2 is 1.48 bits per heavy atom. The molecule has 0 heterocycles. The van der Waals surface area contributed by atoms with Crippen molar-refractivity contribution in [3.05, 3.63) is 60.2 Å². The summed E-state index contributed by atoms with van der Waals surface area (Å²) in [6, 6.07) is 17.3. The van der Waals surface area contributed by atoms with Crippen LogP contribution in [-0.4, -0.2) is 25.5 Å². The maximum atomic E-state index is 13.1. The molecular weight excluding hydrogens is 336 g/mol. The highest BCUT2D eigenvalue weighted by Crippen LogP contribution is 2.33. The fourth-order valence-electron chi connectivity index (χ4n) is 2.81. The smallest absolute Gasteiger partial charge is 0.161 e. The second-order valence-corrected chi connectivity index (χ2v) is 6.89. The molecule has 0 aromatic heterocycles. The van der Waals surface area contributed by atoms with Gasteiger partial charge in [-0.3, -0.25) is 4.21 Å². The number of rotatable bonds is 6. The van der Waals surface area contributed by atoms with Crippen LogP contribution in [0.2, 0.25) is 0 Å². The summed E-state index contributed by atoms with van der Waals surface area (Å²) in [5, 5.41) is 1.99. The summed E-state index contributed by atoms with van der Waals surface area (Å²) in [6.07, 6.45) is 0.